The molecule has 0 saturated carbocycles. The Kier molecular flexibility index (Phi) is 6.44. The highest BCUT2D eigenvalue weighted by Crippen LogP contribution is 2.46. The molecule has 3 aromatic rings. The highest BCUT2D eigenvalue weighted by atomic mass is 127. The van der Waals surface area contributed by atoms with Crippen LogP contribution in [0.15, 0.2) is 78.5 Å². The highest BCUT2D eigenvalue weighted by Gasteiger charge is 2.37. The molecule has 0 amide bonds. The van der Waals surface area contributed by atoms with E-state index in [0.717, 1.165) is 6.54 Å². The summed E-state index contributed by atoms with van der Waals surface area (Å²) < 4.78 is 4.98. The summed E-state index contributed by atoms with van der Waals surface area (Å²) >= 11 is 4.33. The number of anilines is 1. The van der Waals surface area contributed by atoms with Crippen LogP contribution in [0.3, 0.4) is 0 Å². The van der Waals surface area contributed by atoms with E-state index < -0.39 is 0 Å². The Bertz CT molecular complexity index is 1140. The molecule has 4 heteroatoms. The molecule has 0 radical (unpaired) electrons. The minimum atomic E-state index is 0.0212. The van der Waals surface area contributed by atoms with Crippen molar-refractivity contribution in [3.8, 4) is 0 Å². The molecule has 0 spiro atoms. The smallest absolute Gasteiger partial charge is 0.262 e. The van der Waals surface area contributed by atoms with Gasteiger partial charge in [0.1, 0.15) is 4.70 Å². The van der Waals surface area contributed by atoms with E-state index in [9.17, 15) is 0 Å². The number of benzene rings is 2. The van der Waals surface area contributed by atoms with Gasteiger partial charge in [-0.05, 0) is 23.8 Å². The Morgan fingerprint density at radius 3 is 2.60 bits per heavy atom. The number of allylic oxidation sites excluding steroid dienone is 5. The SMILES string of the molecule is CN1\C(=C/C=C/C=C/c2sc3ccccc3[n+]2CCCI)C(C)(C)c2ccccc21. The Hall–Kier alpha value is -1.92. The fraction of sp³-hybridized carbons (Fsp3) is 0.269. The van der Waals surface area contributed by atoms with Crippen LogP contribution in [0, 0.1) is 0 Å². The van der Waals surface area contributed by atoms with Crippen molar-refractivity contribution in [3.63, 3.8) is 0 Å². The third-order valence-electron chi connectivity index (χ3n) is 5.81. The Labute approximate surface area is 197 Å². The molecular formula is C26H28IN2S+. The van der Waals surface area contributed by atoms with E-state index in [2.05, 4.69) is 132 Å². The van der Waals surface area contributed by atoms with Crippen LogP contribution in [-0.4, -0.2) is 11.5 Å². The van der Waals surface area contributed by atoms with E-state index >= 15 is 0 Å². The van der Waals surface area contributed by atoms with Crippen molar-refractivity contribution in [2.24, 2.45) is 0 Å². The zero-order valence-electron chi connectivity index (χ0n) is 17.8. The van der Waals surface area contributed by atoms with Gasteiger partial charge >= 0.3 is 0 Å². The first-order valence-corrected chi connectivity index (χ1v) is 12.7. The number of aromatic nitrogens is 1. The molecule has 30 heavy (non-hydrogen) atoms. The van der Waals surface area contributed by atoms with Crippen molar-refractivity contribution >= 4 is 55.9 Å². The number of likely N-dealkylation sites (N-methyl/N-ethyl adjacent to an activating group) is 1. The summed E-state index contributed by atoms with van der Waals surface area (Å²) in [5.41, 5.74) is 5.38. The Morgan fingerprint density at radius 2 is 1.80 bits per heavy atom. The van der Waals surface area contributed by atoms with Gasteiger partial charge in [0.25, 0.3) is 5.01 Å². The fourth-order valence-corrected chi connectivity index (χ4v) is 5.72. The van der Waals surface area contributed by atoms with Crippen LogP contribution in [0.4, 0.5) is 5.69 Å². The van der Waals surface area contributed by atoms with Gasteiger partial charge in [-0.1, -0.05) is 96.3 Å². The van der Waals surface area contributed by atoms with E-state index in [0.29, 0.717) is 0 Å². The second-order valence-corrected chi connectivity index (χ2v) is 10.2. The van der Waals surface area contributed by atoms with Gasteiger partial charge in [0.15, 0.2) is 6.54 Å². The molecule has 0 N–H and O–H groups in total. The monoisotopic (exact) mass is 527 g/mol. The van der Waals surface area contributed by atoms with E-state index in [1.807, 2.05) is 11.3 Å². The van der Waals surface area contributed by atoms with Crippen molar-refractivity contribution in [2.75, 3.05) is 16.4 Å². The lowest BCUT2D eigenvalue weighted by Gasteiger charge is -2.23. The summed E-state index contributed by atoms with van der Waals surface area (Å²) in [5, 5.41) is 1.31. The normalized spacial score (nSPS) is 17.1. The minimum Gasteiger partial charge on any atom is -0.347 e. The van der Waals surface area contributed by atoms with Gasteiger partial charge in [-0.2, -0.15) is 4.57 Å². The molecular weight excluding hydrogens is 499 g/mol. The molecule has 2 nitrogen and oxygen atoms in total. The van der Waals surface area contributed by atoms with Gasteiger partial charge in [0.05, 0.1) is 0 Å². The maximum absolute atomic E-state index is 2.46. The highest BCUT2D eigenvalue weighted by molar-refractivity contribution is 14.1. The second kappa shape index (κ2) is 9.06. The van der Waals surface area contributed by atoms with Gasteiger partial charge in [0.2, 0.25) is 5.52 Å². The average molecular weight is 527 g/mol. The average Bonchev–Trinajstić information content (AvgIpc) is 3.19. The van der Waals surface area contributed by atoms with E-state index in [1.165, 1.54) is 43.0 Å². The number of rotatable bonds is 6. The van der Waals surface area contributed by atoms with Crippen LogP contribution in [0.25, 0.3) is 16.3 Å². The zero-order valence-corrected chi connectivity index (χ0v) is 20.8. The van der Waals surface area contributed by atoms with Gasteiger partial charge in [-0.25, -0.2) is 0 Å². The lowest BCUT2D eigenvalue weighted by Crippen LogP contribution is -2.35. The number of fused-ring (bicyclic) bond motifs is 2. The number of aryl methyl sites for hydroxylation is 1. The number of halogens is 1. The van der Waals surface area contributed by atoms with Crippen molar-refractivity contribution in [1.82, 2.24) is 0 Å². The lowest BCUT2D eigenvalue weighted by atomic mass is 9.84. The van der Waals surface area contributed by atoms with Crippen LogP contribution < -0.4 is 9.47 Å². The van der Waals surface area contributed by atoms with Crippen LogP contribution in [0.1, 0.15) is 30.8 Å². The van der Waals surface area contributed by atoms with Crippen LogP contribution in [0.2, 0.25) is 0 Å². The lowest BCUT2D eigenvalue weighted by molar-refractivity contribution is -0.668. The summed E-state index contributed by atoms with van der Waals surface area (Å²) in [4.78, 5) is 2.31. The molecule has 0 atom stereocenters. The second-order valence-electron chi connectivity index (χ2n) is 8.10. The molecule has 0 bridgehead atoms. The molecule has 0 saturated heterocycles. The van der Waals surface area contributed by atoms with E-state index in [4.69, 9.17) is 0 Å². The van der Waals surface area contributed by atoms with E-state index in [-0.39, 0.29) is 5.41 Å². The predicted molar refractivity (Wildman–Crippen MR) is 140 cm³/mol. The van der Waals surface area contributed by atoms with Crippen LogP contribution in [0.5, 0.6) is 0 Å². The first-order chi connectivity index (χ1) is 14.5. The first kappa shape index (κ1) is 21.3. The number of thiazole rings is 1. The van der Waals surface area contributed by atoms with Crippen molar-refractivity contribution in [1.29, 1.82) is 0 Å². The third kappa shape index (κ3) is 4.00. The molecule has 2 aromatic carbocycles. The van der Waals surface area contributed by atoms with Crippen LogP contribution >= 0.6 is 33.9 Å². The Morgan fingerprint density at radius 1 is 1.03 bits per heavy atom. The largest absolute Gasteiger partial charge is 0.347 e. The maximum atomic E-state index is 2.46. The van der Waals surface area contributed by atoms with Crippen LogP contribution in [-0.2, 0) is 12.0 Å². The summed E-state index contributed by atoms with van der Waals surface area (Å²) in [6.07, 6.45) is 12.2. The van der Waals surface area contributed by atoms with Gasteiger partial charge in [0, 0.05) is 46.8 Å². The molecule has 0 aliphatic carbocycles. The maximum Gasteiger partial charge on any atom is 0.262 e. The number of hydrogen-bond acceptors (Lipinski definition) is 2. The third-order valence-corrected chi connectivity index (χ3v) is 7.70. The quantitative estimate of drug-likeness (QED) is 0.147. The number of alkyl halides is 1. The molecule has 154 valence electrons. The standard InChI is InChI=1S/C26H28IN2S/c1-26(2)20-12-7-8-13-21(20)28(3)24(26)16-5-4-6-17-25-29(19-11-18-27)22-14-9-10-15-23(22)30-25/h4-10,12-17H,11,18-19H2,1-3H3/q+1. The summed E-state index contributed by atoms with van der Waals surface area (Å²) in [5.74, 6) is 0. The molecule has 0 unspecified atom stereocenters. The topological polar surface area (TPSA) is 7.12 Å². The number of para-hydroxylation sites is 2. The molecule has 1 aliphatic rings. The molecule has 1 aromatic heterocycles. The first-order valence-electron chi connectivity index (χ1n) is 10.4. The molecule has 0 fully saturated rings. The van der Waals surface area contributed by atoms with Gasteiger partial charge in [-0.15, -0.1) is 0 Å². The predicted octanol–water partition coefficient (Wildman–Crippen LogP) is 6.89. The number of nitrogens with zero attached hydrogens (tertiary/aromatic N) is 2. The molecule has 1 aliphatic heterocycles. The minimum absolute atomic E-state index is 0.0212. The van der Waals surface area contributed by atoms with Gasteiger partial charge in [-0.3, -0.25) is 0 Å². The number of hydrogen-bond donors (Lipinski definition) is 0. The summed E-state index contributed by atoms with van der Waals surface area (Å²) in [6.45, 7) is 5.67. The van der Waals surface area contributed by atoms with Gasteiger partial charge < -0.3 is 4.90 Å². The van der Waals surface area contributed by atoms with Crippen molar-refractivity contribution < 1.29 is 4.57 Å². The Balaban J connectivity index is 1.56. The summed E-state index contributed by atoms with van der Waals surface area (Å²) in [7, 11) is 2.16. The molecule has 4 rings (SSSR count). The van der Waals surface area contributed by atoms with E-state index in [1.54, 1.807) is 0 Å². The zero-order chi connectivity index (χ0) is 21.1. The van der Waals surface area contributed by atoms with Crippen molar-refractivity contribution in [2.45, 2.75) is 32.2 Å². The molecule has 2 heterocycles. The fourth-order valence-electron chi connectivity index (χ4n) is 4.28. The van der Waals surface area contributed by atoms with Crippen molar-refractivity contribution in [3.05, 3.63) is 89.1 Å². The summed E-state index contributed by atoms with van der Waals surface area (Å²) in [6, 6.07) is 17.4.